The Kier molecular flexibility index (Phi) is 4.37. The van der Waals surface area contributed by atoms with Gasteiger partial charge in [0, 0.05) is 19.6 Å². The molecule has 2 aliphatic heterocycles. The standard InChI is InChI=1S/C21H20N8OS/c30-21(15-3-1-2-4-16(15)29-25-7-8-26-29)27-9-5-14-6-10-28(17(14)11-27)19-18-20(23-12-22-19)31-13-24-18/h1-4,7-8,12-14,17H,5-6,9-11H2/t14-,17-/m0/s1. The van der Waals surface area contributed by atoms with Crippen molar-refractivity contribution < 1.29 is 4.79 Å². The Morgan fingerprint density at radius 2 is 1.87 bits per heavy atom. The molecule has 5 heterocycles. The number of nitrogens with zero attached hydrogens (tertiary/aromatic N) is 8. The molecule has 0 radical (unpaired) electrons. The molecule has 31 heavy (non-hydrogen) atoms. The van der Waals surface area contributed by atoms with Crippen molar-refractivity contribution in [2.24, 2.45) is 5.92 Å². The number of likely N-dealkylation sites (tertiary alicyclic amines) is 1. The van der Waals surface area contributed by atoms with Crippen LogP contribution in [0.25, 0.3) is 16.0 Å². The predicted molar refractivity (Wildman–Crippen MR) is 116 cm³/mol. The first-order valence-corrected chi connectivity index (χ1v) is 11.2. The number of anilines is 1. The van der Waals surface area contributed by atoms with Gasteiger partial charge in [-0.2, -0.15) is 15.0 Å². The summed E-state index contributed by atoms with van der Waals surface area (Å²) in [6.07, 6.45) is 6.94. The summed E-state index contributed by atoms with van der Waals surface area (Å²) in [5.41, 5.74) is 3.98. The zero-order valence-corrected chi connectivity index (χ0v) is 17.5. The van der Waals surface area contributed by atoms with E-state index in [2.05, 4.69) is 30.0 Å². The molecule has 0 aliphatic carbocycles. The zero-order valence-electron chi connectivity index (χ0n) is 16.7. The maximum absolute atomic E-state index is 13.5. The number of para-hydroxylation sites is 1. The molecule has 3 aromatic heterocycles. The summed E-state index contributed by atoms with van der Waals surface area (Å²) in [6.45, 7) is 2.35. The first kappa shape index (κ1) is 18.4. The van der Waals surface area contributed by atoms with Crippen molar-refractivity contribution in [3.8, 4) is 5.69 Å². The minimum absolute atomic E-state index is 0.0136. The van der Waals surface area contributed by atoms with Crippen molar-refractivity contribution in [3.05, 3.63) is 54.1 Å². The molecular weight excluding hydrogens is 412 g/mol. The summed E-state index contributed by atoms with van der Waals surface area (Å²) in [4.78, 5) is 33.6. The van der Waals surface area contributed by atoms with Gasteiger partial charge in [-0.3, -0.25) is 4.79 Å². The Balaban J connectivity index is 1.30. The largest absolute Gasteiger partial charge is 0.350 e. The second kappa shape index (κ2) is 7.38. The summed E-state index contributed by atoms with van der Waals surface area (Å²) in [5, 5.41) is 8.42. The number of amides is 1. The Hall–Kier alpha value is -3.40. The number of aromatic nitrogens is 6. The molecule has 0 bridgehead atoms. The van der Waals surface area contributed by atoms with Crippen molar-refractivity contribution in [2.75, 3.05) is 24.5 Å². The summed E-state index contributed by atoms with van der Waals surface area (Å²) in [7, 11) is 0. The van der Waals surface area contributed by atoms with Gasteiger partial charge in [-0.15, -0.1) is 11.3 Å². The topological polar surface area (TPSA) is 92.9 Å². The fraction of sp³-hybridized carbons (Fsp3) is 0.333. The highest BCUT2D eigenvalue weighted by atomic mass is 32.1. The van der Waals surface area contributed by atoms with E-state index in [1.54, 1.807) is 18.7 Å². The maximum atomic E-state index is 13.5. The molecular formula is C21H20N8OS. The summed E-state index contributed by atoms with van der Waals surface area (Å²) in [6, 6.07) is 7.74. The van der Waals surface area contributed by atoms with E-state index < -0.39 is 0 Å². The summed E-state index contributed by atoms with van der Waals surface area (Å²) < 4.78 is 0. The molecule has 9 nitrogen and oxygen atoms in total. The number of thiazole rings is 1. The van der Waals surface area contributed by atoms with Gasteiger partial charge in [0.2, 0.25) is 0 Å². The predicted octanol–water partition coefficient (Wildman–Crippen LogP) is 2.41. The smallest absolute Gasteiger partial charge is 0.256 e. The van der Waals surface area contributed by atoms with Crippen molar-refractivity contribution in [2.45, 2.75) is 18.9 Å². The Morgan fingerprint density at radius 3 is 2.77 bits per heavy atom. The molecule has 6 rings (SSSR count). The lowest BCUT2D eigenvalue weighted by atomic mass is 9.91. The lowest BCUT2D eigenvalue weighted by molar-refractivity contribution is 0.0678. The van der Waals surface area contributed by atoms with Gasteiger partial charge in [0.25, 0.3) is 5.91 Å². The van der Waals surface area contributed by atoms with Crippen LogP contribution in [0.15, 0.2) is 48.5 Å². The van der Waals surface area contributed by atoms with Gasteiger partial charge in [0.15, 0.2) is 5.82 Å². The molecule has 2 fully saturated rings. The monoisotopic (exact) mass is 432 g/mol. The van der Waals surface area contributed by atoms with Gasteiger partial charge in [-0.1, -0.05) is 12.1 Å². The number of fused-ring (bicyclic) bond motifs is 2. The molecule has 1 aromatic carbocycles. The van der Waals surface area contributed by atoms with Gasteiger partial charge in [-0.05, 0) is 30.9 Å². The van der Waals surface area contributed by atoms with Crippen LogP contribution in [-0.2, 0) is 0 Å². The first-order valence-electron chi connectivity index (χ1n) is 10.4. The highest BCUT2D eigenvalue weighted by Crippen LogP contribution is 2.37. The fourth-order valence-electron chi connectivity index (χ4n) is 4.82. The van der Waals surface area contributed by atoms with Crippen LogP contribution in [0.1, 0.15) is 23.2 Å². The molecule has 10 heteroatoms. The van der Waals surface area contributed by atoms with Crippen LogP contribution in [0.2, 0.25) is 0 Å². The normalized spacial score (nSPS) is 20.9. The van der Waals surface area contributed by atoms with Crippen molar-refractivity contribution in [1.29, 1.82) is 0 Å². The zero-order chi connectivity index (χ0) is 20.8. The molecule has 0 saturated carbocycles. The number of rotatable bonds is 3. The molecule has 1 amide bonds. The molecule has 0 spiro atoms. The highest BCUT2D eigenvalue weighted by molar-refractivity contribution is 7.16. The van der Waals surface area contributed by atoms with Crippen LogP contribution in [-0.4, -0.2) is 66.4 Å². The molecule has 2 aliphatic rings. The number of benzene rings is 1. The summed E-state index contributed by atoms with van der Waals surface area (Å²) in [5.74, 6) is 1.45. The number of carbonyl (C=O) groups is 1. The van der Waals surface area contributed by atoms with E-state index in [4.69, 9.17) is 0 Å². The second-order valence-electron chi connectivity index (χ2n) is 7.89. The molecule has 2 saturated heterocycles. The number of hydrogen-bond acceptors (Lipinski definition) is 8. The van der Waals surface area contributed by atoms with E-state index in [0.717, 1.165) is 42.1 Å². The average Bonchev–Trinajstić information content (AvgIpc) is 3.58. The van der Waals surface area contributed by atoms with Crippen LogP contribution in [0, 0.1) is 5.92 Å². The molecule has 0 unspecified atom stereocenters. The van der Waals surface area contributed by atoms with E-state index in [1.165, 1.54) is 16.1 Å². The minimum Gasteiger partial charge on any atom is -0.350 e. The maximum Gasteiger partial charge on any atom is 0.256 e. The number of carbonyl (C=O) groups excluding carboxylic acids is 1. The molecule has 4 aromatic rings. The number of piperidine rings is 1. The van der Waals surface area contributed by atoms with Crippen LogP contribution in [0.3, 0.4) is 0 Å². The Labute approximate surface area is 182 Å². The van der Waals surface area contributed by atoms with E-state index in [9.17, 15) is 4.79 Å². The molecule has 2 atom stereocenters. The number of hydrogen-bond donors (Lipinski definition) is 0. The average molecular weight is 433 g/mol. The van der Waals surface area contributed by atoms with E-state index in [0.29, 0.717) is 23.7 Å². The fourth-order valence-corrected chi connectivity index (χ4v) is 5.44. The van der Waals surface area contributed by atoms with Gasteiger partial charge < -0.3 is 9.80 Å². The Morgan fingerprint density at radius 1 is 1.03 bits per heavy atom. The van der Waals surface area contributed by atoms with Crippen LogP contribution in [0.5, 0.6) is 0 Å². The van der Waals surface area contributed by atoms with Gasteiger partial charge in [-0.25, -0.2) is 15.0 Å². The van der Waals surface area contributed by atoms with Crippen molar-refractivity contribution >= 4 is 33.4 Å². The van der Waals surface area contributed by atoms with Gasteiger partial charge >= 0.3 is 0 Å². The second-order valence-corrected chi connectivity index (χ2v) is 8.72. The van der Waals surface area contributed by atoms with E-state index in [1.807, 2.05) is 34.7 Å². The van der Waals surface area contributed by atoms with E-state index in [-0.39, 0.29) is 11.9 Å². The van der Waals surface area contributed by atoms with Crippen LogP contribution in [0.4, 0.5) is 5.82 Å². The van der Waals surface area contributed by atoms with E-state index >= 15 is 0 Å². The lowest BCUT2D eigenvalue weighted by Crippen LogP contribution is -2.50. The third kappa shape index (κ3) is 3.05. The van der Waals surface area contributed by atoms with Gasteiger partial charge in [0.05, 0.1) is 35.2 Å². The third-order valence-corrected chi connectivity index (χ3v) is 7.04. The first-order chi connectivity index (χ1) is 15.3. The molecule has 156 valence electrons. The molecule has 0 N–H and O–H groups in total. The lowest BCUT2D eigenvalue weighted by Gasteiger charge is -2.39. The quantitative estimate of drug-likeness (QED) is 0.491. The van der Waals surface area contributed by atoms with Crippen LogP contribution < -0.4 is 4.90 Å². The highest BCUT2D eigenvalue weighted by Gasteiger charge is 2.41. The van der Waals surface area contributed by atoms with Crippen molar-refractivity contribution in [3.63, 3.8) is 0 Å². The third-order valence-electron chi connectivity index (χ3n) is 6.31. The SMILES string of the molecule is O=C(c1ccccc1-n1nccn1)N1CC[C@H]2CCN(c3ncnc4scnc34)[C@H]2C1. The van der Waals surface area contributed by atoms with Crippen LogP contribution >= 0.6 is 11.3 Å². The summed E-state index contributed by atoms with van der Waals surface area (Å²) >= 11 is 1.53. The van der Waals surface area contributed by atoms with Gasteiger partial charge in [0.1, 0.15) is 16.7 Å². The van der Waals surface area contributed by atoms with Crippen molar-refractivity contribution in [1.82, 2.24) is 34.8 Å². The minimum atomic E-state index is 0.0136. The Bertz CT molecular complexity index is 1240.